The molecule has 0 aromatic heterocycles. The number of rotatable bonds is 11. The highest BCUT2D eigenvalue weighted by atomic mass is 35.5. The van der Waals surface area contributed by atoms with E-state index in [0.29, 0.717) is 30.5 Å². The maximum absolute atomic E-state index is 11.0. The standard InChI is InChI=1S/C19H31ClO3/c1-3-16(20)15-13-17-19(23-17)14(15)11-9-7-5-4-6-8-10-12-18(21)22-2/h9,11,14-17,19H,3-8,10,12-13H2,1-2H3. The molecular weight excluding hydrogens is 312 g/mol. The Hall–Kier alpha value is -0.540. The number of allylic oxidation sites excluding steroid dienone is 1. The maximum Gasteiger partial charge on any atom is 0.305 e. The molecule has 0 radical (unpaired) electrons. The van der Waals surface area contributed by atoms with Gasteiger partial charge in [0.2, 0.25) is 0 Å². The normalized spacial score (nSPS) is 30.4. The molecule has 2 rings (SSSR count). The fourth-order valence-electron chi connectivity index (χ4n) is 3.71. The van der Waals surface area contributed by atoms with Crippen LogP contribution in [0.3, 0.4) is 0 Å². The molecule has 1 saturated carbocycles. The number of methoxy groups -OCH3 is 1. The topological polar surface area (TPSA) is 38.8 Å². The molecule has 0 aromatic rings. The molecule has 1 heterocycles. The van der Waals surface area contributed by atoms with Gasteiger partial charge in [0.15, 0.2) is 0 Å². The summed E-state index contributed by atoms with van der Waals surface area (Å²) in [6, 6.07) is 0. The van der Waals surface area contributed by atoms with Crippen molar-refractivity contribution in [3.05, 3.63) is 12.2 Å². The molecule has 5 atom stereocenters. The predicted octanol–water partition coefficient (Wildman–Crippen LogP) is 4.87. The Morgan fingerprint density at radius 1 is 1.30 bits per heavy atom. The van der Waals surface area contributed by atoms with E-state index >= 15 is 0 Å². The monoisotopic (exact) mass is 342 g/mol. The van der Waals surface area contributed by atoms with E-state index in [2.05, 4.69) is 23.8 Å². The number of hydrogen-bond acceptors (Lipinski definition) is 3. The molecule has 0 aromatic carbocycles. The summed E-state index contributed by atoms with van der Waals surface area (Å²) in [4.78, 5) is 11.0. The van der Waals surface area contributed by atoms with Crippen molar-refractivity contribution in [1.29, 1.82) is 0 Å². The van der Waals surface area contributed by atoms with Gasteiger partial charge in [-0.15, -0.1) is 11.6 Å². The zero-order valence-corrected chi connectivity index (χ0v) is 15.3. The minimum Gasteiger partial charge on any atom is -0.469 e. The molecule has 23 heavy (non-hydrogen) atoms. The van der Waals surface area contributed by atoms with E-state index in [1.807, 2.05) is 0 Å². The number of hydrogen-bond donors (Lipinski definition) is 0. The molecule has 1 saturated heterocycles. The second-order valence-electron chi connectivity index (χ2n) is 6.85. The van der Waals surface area contributed by atoms with Crippen molar-refractivity contribution in [3.8, 4) is 0 Å². The molecule has 2 aliphatic rings. The second-order valence-corrected chi connectivity index (χ2v) is 7.41. The van der Waals surface area contributed by atoms with Gasteiger partial charge >= 0.3 is 5.97 Å². The summed E-state index contributed by atoms with van der Waals surface area (Å²) in [5.74, 6) is 1.03. The summed E-state index contributed by atoms with van der Waals surface area (Å²) in [5.41, 5.74) is 0. The molecule has 4 heteroatoms. The van der Waals surface area contributed by atoms with Crippen molar-refractivity contribution in [2.24, 2.45) is 11.8 Å². The van der Waals surface area contributed by atoms with Gasteiger partial charge in [0, 0.05) is 17.7 Å². The van der Waals surface area contributed by atoms with Crippen LogP contribution in [0.5, 0.6) is 0 Å². The smallest absolute Gasteiger partial charge is 0.305 e. The molecule has 0 N–H and O–H groups in total. The van der Waals surface area contributed by atoms with Crippen molar-refractivity contribution >= 4 is 17.6 Å². The van der Waals surface area contributed by atoms with Crippen LogP contribution in [0.4, 0.5) is 0 Å². The summed E-state index contributed by atoms with van der Waals surface area (Å²) in [6.07, 6.45) is 15.2. The van der Waals surface area contributed by atoms with Gasteiger partial charge in [-0.3, -0.25) is 4.79 Å². The molecule has 132 valence electrons. The Bertz CT molecular complexity index is 396. The van der Waals surface area contributed by atoms with Crippen LogP contribution in [0.1, 0.15) is 64.7 Å². The second kappa shape index (κ2) is 9.68. The SMILES string of the molecule is CCC(Cl)C1CC2OC2C1C=CCCCCCCCC(=O)OC. The third-order valence-electron chi connectivity index (χ3n) is 5.19. The Kier molecular flexibility index (Phi) is 7.91. The van der Waals surface area contributed by atoms with Crippen LogP contribution in [-0.2, 0) is 14.3 Å². The highest BCUT2D eigenvalue weighted by molar-refractivity contribution is 6.20. The van der Waals surface area contributed by atoms with E-state index in [-0.39, 0.29) is 11.3 Å². The van der Waals surface area contributed by atoms with Crippen LogP contribution < -0.4 is 0 Å². The number of halogens is 1. The number of carbonyl (C=O) groups is 1. The van der Waals surface area contributed by atoms with Crippen LogP contribution in [0.25, 0.3) is 0 Å². The van der Waals surface area contributed by atoms with Crippen molar-refractivity contribution < 1.29 is 14.3 Å². The summed E-state index contributed by atoms with van der Waals surface area (Å²) in [5, 5.41) is 0.288. The molecule has 1 aliphatic heterocycles. The highest BCUT2D eigenvalue weighted by Crippen LogP contribution is 2.50. The Morgan fingerprint density at radius 3 is 2.78 bits per heavy atom. The molecule has 5 unspecified atom stereocenters. The quantitative estimate of drug-likeness (QED) is 0.177. The van der Waals surface area contributed by atoms with Gasteiger partial charge in [0.25, 0.3) is 0 Å². The maximum atomic E-state index is 11.0. The van der Waals surface area contributed by atoms with E-state index in [4.69, 9.17) is 16.3 Å². The van der Waals surface area contributed by atoms with Gasteiger partial charge < -0.3 is 9.47 Å². The van der Waals surface area contributed by atoms with Gasteiger partial charge in [0.1, 0.15) is 0 Å². The largest absolute Gasteiger partial charge is 0.469 e. The van der Waals surface area contributed by atoms with E-state index < -0.39 is 0 Å². The number of carbonyl (C=O) groups excluding carboxylic acids is 1. The average molecular weight is 343 g/mol. The average Bonchev–Trinajstić information content (AvgIpc) is 3.25. The number of ether oxygens (including phenoxy) is 2. The van der Waals surface area contributed by atoms with E-state index in [9.17, 15) is 4.79 Å². The summed E-state index contributed by atoms with van der Waals surface area (Å²) < 4.78 is 10.3. The molecule has 2 fully saturated rings. The number of fused-ring (bicyclic) bond motifs is 1. The third-order valence-corrected chi connectivity index (χ3v) is 5.82. The zero-order chi connectivity index (χ0) is 16.7. The molecule has 3 nitrogen and oxygen atoms in total. The van der Waals surface area contributed by atoms with Gasteiger partial charge in [0.05, 0.1) is 19.3 Å². The first-order valence-electron chi connectivity index (χ1n) is 9.20. The van der Waals surface area contributed by atoms with E-state index in [1.165, 1.54) is 26.4 Å². The number of alkyl halides is 1. The molecule has 0 amide bonds. The molecule has 0 bridgehead atoms. The van der Waals surface area contributed by atoms with Crippen LogP contribution in [0.15, 0.2) is 12.2 Å². The van der Waals surface area contributed by atoms with Gasteiger partial charge in [-0.2, -0.15) is 0 Å². The summed E-state index contributed by atoms with van der Waals surface area (Å²) >= 11 is 6.47. The van der Waals surface area contributed by atoms with Gasteiger partial charge in [-0.1, -0.05) is 38.3 Å². The Morgan fingerprint density at radius 2 is 2.04 bits per heavy atom. The summed E-state index contributed by atoms with van der Waals surface area (Å²) in [6.45, 7) is 2.17. The van der Waals surface area contributed by atoms with Crippen LogP contribution in [0.2, 0.25) is 0 Å². The Labute approximate surface area is 145 Å². The number of unbranched alkanes of at least 4 members (excludes halogenated alkanes) is 5. The lowest BCUT2D eigenvalue weighted by Crippen LogP contribution is -2.22. The van der Waals surface area contributed by atoms with E-state index in [1.54, 1.807) is 0 Å². The van der Waals surface area contributed by atoms with Crippen LogP contribution >= 0.6 is 11.6 Å². The first kappa shape index (κ1) is 18.8. The van der Waals surface area contributed by atoms with Crippen molar-refractivity contribution in [1.82, 2.24) is 0 Å². The zero-order valence-electron chi connectivity index (χ0n) is 14.5. The molecular formula is C19H31ClO3. The van der Waals surface area contributed by atoms with Crippen LogP contribution in [-0.4, -0.2) is 30.7 Å². The van der Waals surface area contributed by atoms with Crippen LogP contribution in [0, 0.1) is 11.8 Å². The van der Waals surface area contributed by atoms with Crippen molar-refractivity contribution in [3.63, 3.8) is 0 Å². The summed E-state index contributed by atoms with van der Waals surface area (Å²) in [7, 11) is 1.45. The molecule has 1 aliphatic carbocycles. The minimum atomic E-state index is -0.0932. The van der Waals surface area contributed by atoms with Gasteiger partial charge in [-0.25, -0.2) is 0 Å². The highest BCUT2D eigenvalue weighted by Gasteiger charge is 2.55. The molecule has 0 spiro atoms. The predicted molar refractivity (Wildman–Crippen MR) is 93.7 cm³/mol. The van der Waals surface area contributed by atoms with Crippen molar-refractivity contribution in [2.75, 3.05) is 7.11 Å². The first-order chi connectivity index (χ1) is 11.2. The third kappa shape index (κ3) is 5.79. The minimum absolute atomic E-state index is 0.0932. The lowest BCUT2D eigenvalue weighted by molar-refractivity contribution is -0.140. The lowest BCUT2D eigenvalue weighted by Gasteiger charge is -2.23. The number of esters is 1. The van der Waals surface area contributed by atoms with Gasteiger partial charge in [-0.05, 0) is 38.0 Å². The number of epoxide rings is 1. The first-order valence-corrected chi connectivity index (χ1v) is 9.64. The van der Waals surface area contributed by atoms with E-state index in [0.717, 1.165) is 32.1 Å². The van der Waals surface area contributed by atoms with Crippen molar-refractivity contribution in [2.45, 2.75) is 82.3 Å². The fourth-order valence-corrected chi connectivity index (χ4v) is 3.99. The fraction of sp³-hybridized carbons (Fsp3) is 0.842. The Balaban J connectivity index is 1.54. The lowest BCUT2D eigenvalue weighted by atomic mass is 9.89.